The second kappa shape index (κ2) is 7.11. The first-order chi connectivity index (χ1) is 9.65. The van der Waals surface area contributed by atoms with E-state index in [0.29, 0.717) is 0 Å². The van der Waals surface area contributed by atoms with E-state index in [0.717, 1.165) is 43.2 Å². The summed E-state index contributed by atoms with van der Waals surface area (Å²) < 4.78 is 0. The predicted octanol–water partition coefficient (Wildman–Crippen LogP) is 2.17. The molecule has 1 aliphatic heterocycles. The normalized spacial score (nSPS) is 18.9. The van der Waals surface area contributed by atoms with Crippen molar-refractivity contribution in [2.75, 3.05) is 39.0 Å². The molecule has 0 bridgehead atoms. The minimum absolute atomic E-state index is 0.523. The fourth-order valence-corrected chi connectivity index (χ4v) is 3.04. The van der Waals surface area contributed by atoms with Crippen molar-refractivity contribution in [3.05, 3.63) is 29.8 Å². The number of carbonyl (C=O) groups is 1. The Morgan fingerprint density at radius 2 is 1.85 bits per heavy atom. The molecule has 1 saturated heterocycles. The van der Waals surface area contributed by atoms with Crippen LogP contribution in [0.1, 0.15) is 18.5 Å². The number of aliphatic carboxylic acids is 1. The van der Waals surface area contributed by atoms with E-state index in [1.807, 2.05) is 30.5 Å². The molecule has 0 saturated carbocycles. The van der Waals surface area contributed by atoms with Gasteiger partial charge >= 0.3 is 5.97 Å². The van der Waals surface area contributed by atoms with E-state index in [9.17, 15) is 9.90 Å². The second-order valence-corrected chi connectivity index (χ2v) is 5.86. The highest BCUT2D eigenvalue weighted by Gasteiger charge is 2.29. The lowest BCUT2D eigenvalue weighted by Crippen LogP contribution is -2.49. The summed E-state index contributed by atoms with van der Waals surface area (Å²) in [7, 11) is 0. The molecule has 0 aromatic heterocycles. The molecule has 1 fully saturated rings. The van der Waals surface area contributed by atoms with Crippen LogP contribution in [0.15, 0.2) is 29.2 Å². The standard InChI is InChI=1S/C15H22N2O2S/c1-3-16-8-10-17(11-9-16)14(15(18)19)12-4-6-13(20-2)7-5-12/h4-7,14H,3,8-11H2,1-2H3,(H,18,19). The van der Waals surface area contributed by atoms with Crippen molar-refractivity contribution in [2.45, 2.75) is 17.9 Å². The molecule has 20 heavy (non-hydrogen) atoms. The summed E-state index contributed by atoms with van der Waals surface area (Å²) in [5.41, 5.74) is 0.875. The number of benzene rings is 1. The predicted molar refractivity (Wildman–Crippen MR) is 82.3 cm³/mol. The Morgan fingerprint density at radius 3 is 2.30 bits per heavy atom. The molecule has 0 spiro atoms. The van der Waals surface area contributed by atoms with Crippen LogP contribution in [0.25, 0.3) is 0 Å². The van der Waals surface area contributed by atoms with E-state index in [1.165, 1.54) is 0 Å². The van der Waals surface area contributed by atoms with Crippen molar-refractivity contribution in [3.8, 4) is 0 Å². The number of rotatable bonds is 5. The lowest BCUT2D eigenvalue weighted by Gasteiger charge is -2.37. The molecule has 1 aliphatic rings. The van der Waals surface area contributed by atoms with Gasteiger partial charge in [-0.25, -0.2) is 0 Å². The minimum Gasteiger partial charge on any atom is -0.480 e. The minimum atomic E-state index is -0.758. The molecule has 1 unspecified atom stereocenters. The van der Waals surface area contributed by atoms with Gasteiger partial charge in [0.25, 0.3) is 0 Å². The van der Waals surface area contributed by atoms with Gasteiger partial charge in [0, 0.05) is 31.1 Å². The Kier molecular flexibility index (Phi) is 5.46. The lowest BCUT2D eigenvalue weighted by molar-refractivity contribution is -0.144. The number of piperazine rings is 1. The number of hydrogen-bond acceptors (Lipinski definition) is 4. The van der Waals surface area contributed by atoms with Crippen LogP contribution in [-0.2, 0) is 4.79 Å². The van der Waals surface area contributed by atoms with Crippen LogP contribution in [0, 0.1) is 0 Å². The van der Waals surface area contributed by atoms with Gasteiger partial charge in [0.1, 0.15) is 6.04 Å². The molecular weight excluding hydrogens is 272 g/mol. The third kappa shape index (κ3) is 3.53. The van der Waals surface area contributed by atoms with Gasteiger partial charge in [0.05, 0.1) is 0 Å². The molecule has 1 heterocycles. The largest absolute Gasteiger partial charge is 0.480 e. The van der Waals surface area contributed by atoms with Gasteiger partial charge in [-0.05, 0) is 30.5 Å². The molecule has 1 atom stereocenters. The first-order valence-corrected chi connectivity index (χ1v) is 8.21. The fraction of sp³-hybridized carbons (Fsp3) is 0.533. The molecule has 5 heteroatoms. The van der Waals surface area contributed by atoms with Gasteiger partial charge < -0.3 is 10.0 Å². The van der Waals surface area contributed by atoms with E-state index >= 15 is 0 Å². The molecule has 110 valence electrons. The Bertz CT molecular complexity index is 442. The third-order valence-electron chi connectivity index (χ3n) is 3.88. The summed E-state index contributed by atoms with van der Waals surface area (Å²) >= 11 is 1.67. The summed E-state index contributed by atoms with van der Waals surface area (Å²) in [5, 5.41) is 9.57. The molecule has 0 radical (unpaired) electrons. The summed E-state index contributed by atoms with van der Waals surface area (Å²) in [6.45, 7) is 6.70. The summed E-state index contributed by atoms with van der Waals surface area (Å²) in [6.07, 6.45) is 2.02. The van der Waals surface area contributed by atoms with Crippen molar-refractivity contribution in [1.82, 2.24) is 9.80 Å². The molecule has 0 amide bonds. The molecule has 1 aromatic carbocycles. The van der Waals surface area contributed by atoms with E-state index < -0.39 is 12.0 Å². The summed E-state index contributed by atoms with van der Waals surface area (Å²) in [5.74, 6) is -0.758. The Morgan fingerprint density at radius 1 is 1.25 bits per heavy atom. The van der Waals surface area contributed by atoms with Gasteiger partial charge in [-0.1, -0.05) is 19.1 Å². The van der Waals surface area contributed by atoms with Crippen LogP contribution in [0.2, 0.25) is 0 Å². The highest BCUT2D eigenvalue weighted by atomic mass is 32.2. The number of nitrogens with zero attached hydrogens (tertiary/aromatic N) is 2. The SMILES string of the molecule is CCN1CCN(C(C(=O)O)c2ccc(SC)cc2)CC1. The van der Waals surface area contributed by atoms with Crippen LogP contribution in [0.3, 0.4) is 0 Å². The number of likely N-dealkylation sites (N-methyl/N-ethyl adjacent to an activating group) is 1. The molecule has 2 rings (SSSR count). The fourth-order valence-electron chi connectivity index (χ4n) is 2.63. The third-order valence-corrected chi connectivity index (χ3v) is 4.63. The van der Waals surface area contributed by atoms with Gasteiger partial charge in [-0.2, -0.15) is 0 Å². The molecule has 1 N–H and O–H groups in total. The Hall–Kier alpha value is -1.04. The van der Waals surface area contributed by atoms with Crippen molar-refractivity contribution in [1.29, 1.82) is 0 Å². The smallest absolute Gasteiger partial charge is 0.325 e. The number of hydrogen-bond donors (Lipinski definition) is 1. The highest BCUT2D eigenvalue weighted by molar-refractivity contribution is 7.98. The first-order valence-electron chi connectivity index (χ1n) is 6.99. The van der Waals surface area contributed by atoms with Crippen LogP contribution >= 0.6 is 11.8 Å². The van der Waals surface area contributed by atoms with E-state index in [4.69, 9.17) is 0 Å². The number of carboxylic acid groups (broad SMARTS) is 1. The van der Waals surface area contributed by atoms with Gasteiger partial charge in [0.2, 0.25) is 0 Å². The van der Waals surface area contributed by atoms with E-state index in [-0.39, 0.29) is 0 Å². The van der Waals surface area contributed by atoms with E-state index in [1.54, 1.807) is 11.8 Å². The number of thioether (sulfide) groups is 1. The highest BCUT2D eigenvalue weighted by Crippen LogP contribution is 2.25. The Balaban J connectivity index is 2.12. The maximum atomic E-state index is 11.6. The maximum Gasteiger partial charge on any atom is 0.325 e. The van der Waals surface area contributed by atoms with Gasteiger partial charge in [-0.3, -0.25) is 9.69 Å². The monoisotopic (exact) mass is 294 g/mol. The van der Waals surface area contributed by atoms with Crippen molar-refractivity contribution in [2.24, 2.45) is 0 Å². The molecule has 4 nitrogen and oxygen atoms in total. The van der Waals surface area contributed by atoms with Crippen molar-refractivity contribution < 1.29 is 9.90 Å². The second-order valence-electron chi connectivity index (χ2n) is 4.98. The van der Waals surface area contributed by atoms with Crippen LogP contribution < -0.4 is 0 Å². The average molecular weight is 294 g/mol. The van der Waals surface area contributed by atoms with Crippen molar-refractivity contribution in [3.63, 3.8) is 0 Å². The zero-order chi connectivity index (χ0) is 14.5. The quantitative estimate of drug-likeness (QED) is 0.843. The van der Waals surface area contributed by atoms with E-state index in [2.05, 4.69) is 16.7 Å². The molecular formula is C15H22N2O2S. The number of carboxylic acids is 1. The first kappa shape index (κ1) is 15.4. The molecule has 0 aliphatic carbocycles. The summed E-state index contributed by atoms with van der Waals surface area (Å²) in [4.78, 5) is 17.2. The Labute approximate surface area is 124 Å². The lowest BCUT2D eigenvalue weighted by atomic mass is 10.0. The maximum absolute atomic E-state index is 11.6. The van der Waals surface area contributed by atoms with Crippen LogP contribution in [-0.4, -0.2) is 59.9 Å². The molecule has 1 aromatic rings. The summed E-state index contributed by atoms with van der Waals surface area (Å²) in [6, 6.07) is 7.36. The van der Waals surface area contributed by atoms with Crippen LogP contribution in [0.5, 0.6) is 0 Å². The van der Waals surface area contributed by atoms with Crippen LogP contribution in [0.4, 0.5) is 0 Å². The van der Waals surface area contributed by atoms with Crippen molar-refractivity contribution >= 4 is 17.7 Å². The topological polar surface area (TPSA) is 43.8 Å². The average Bonchev–Trinajstić information content (AvgIpc) is 2.48. The zero-order valence-corrected chi connectivity index (χ0v) is 12.9. The van der Waals surface area contributed by atoms with Gasteiger partial charge in [0.15, 0.2) is 0 Å². The zero-order valence-electron chi connectivity index (χ0n) is 12.1. The van der Waals surface area contributed by atoms with Gasteiger partial charge in [-0.15, -0.1) is 11.8 Å².